The van der Waals surface area contributed by atoms with E-state index in [1.54, 1.807) is 25.2 Å². The van der Waals surface area contributed by atoms with Gasteiger partial charge in [0.1, 0.15) is 10.8 Å². The molecule has 0 radical (unpaired) electrons. The fourth-order valence-electron chi connectivity index (χ4n) is 1.18. The molecule has 6 heteroatoms. The first-order valence-corrected chi connectivity index (χ1v) is 6.03. The van der Waals surface area contributed by atoms with E-state index < -0.39 is 0 Å². The molecular formula is C11H9ClFN3S. The number of nitrogens with one attached hydrogen (secondary N) is 1. The normalized spacial score (nSPS) is 10.3. The molecule has 0 saturated heterocycles. The van der Waals surface area contributed by atoms with Crippen LogP contribution in [0.2, 0.25) is 5.02 Å². The molecule has 88 valence electrons. The highest BCUT2D eigenvalue weighted by Crippen LogP contribution is 2.33. The zero-order valence-corrected chi connectivity index (χ0v) is 10.5. The van der Waals surface area contributed by atoms with Crippen molar-refractivity contribution >= 4 is 29.3 Å². The third-order valence-corrected chi connectivity index (χ3v) is 3.42. The lowest BCUT2D eigenvalue weighted by Crippen LogP contribution is -1.97. The highest BCUT2D eigenvalue weighted by Gasteiger charge is 2.09. The van der Waals surface area contributed by atoms with E-state index in [0.717, 1.165) is 0 Å². The van der Waals surface area contributed by atoms with Crippen LogP contribution in [0.4, 0.5) is 10.3 Å². The van der Waals surface area contributed by atoms with Gasteiger partial charge in [0.15, 0.2) is 0 Å². The zero-order valence-electron chi connectivity index (χ0n) is 8.95. The number of rotatable bonds is 3. The topological polar surface area (TPSA) is 37.8 Å². The van der Waals surface area contributed by atoms with Crippen LogP contribution >= 0.6 is 23.4 Å². The predicted molar refractivity (Wildman–Crippen MR) is 67.1 cm³/mol. The van der Waals surface area contributed by atoms with E-state index in [-0.39, 0.29) is 5.82 Å². The van der Waals surface area contributed by atoms with Crippen LogP contribution < -0.4 is 5.32 Å². The molecule has 1 heterocycles. The van der Waals surface area contributed by atoms with Gasteiger partial charge in [-0.2, -0.15) is 0 Å². The zero-order chi connectivity index (χ0) is 12.3. The molecule has 2 aromatic rings. The highest BCUT2D eigenvalue weighted by molar-refractivity contribution is 7.99. The minimum atomic E-state index is -0.293. The fraction of sp³-hybridized carbons (Fsp3) is 0.0909. The summed E-state index contributed by atoms with van der Waals surface area (Å²) < 4.78 is 13.5. The van der Waals surface area contributed by atoms with Crippen molar-refractivity contribution in [2.75, 3.05) is 12.4 Å². The van der Waals surface area contributed by atoms with Crippen molar-refractivity contribution in [3.8, 4) is 0 Å². The van der Waals surface area contributed by atoms with Crippen LogP contribution in [0, 0.1) is 5.82 Å². The summed E-state index contributed by atoms with van der Waals surface area (Å²) in [4.78, 5) is 8.61. The fourth-order valence-corrected chi connectivity index (χ4v) is 2.18. The molecule has 1 N–H and O–H groups in total. The second kappa shape index (κ2) is 5.33. The van der Waals surface area contributed by atoms with Crippen molar-refractivity contribution < 1.29 is 4.39 Å². The van der Waals surface area contributed by atoms with Crippen LogP contribution in [-0.2, 0) is 0 Å². The van der Waals surface area contributed by atoms with E-state index in [1.165, 1.54) is 24.0 Å². The molecule has 0 aliphatic rings. The molecule has 0 amide bonds. The number of hydrogen-bond acceptors (Lipinski definition) is 4. The summed E-state index contributed by atoms with van der Waals surface area (Å²) in [7, 11) is 1.71. The number of aromatic nitrogens is 2. The summed E-state index contributed by atoms with van der Waals surface area (Å²) in [5.74, 6) is 0.159. The van der Waals surface area contributed by atoms with Crippen LogP contribution in [0.15, 0.2) is 40.4 Å². The lowest BCUT2D eigenvalue weighted by Gasteiger charge is -2.05. The van der Waals surface area contributed by atoms with Gasteiger partial charge in [-0.3, -0.25) is 0 Å². The lowest BCUT2D eigenvalue weighted by atomic mass is 10.3. The molecule has 0 aliphatic heterocycles. The maximum atomic E-state index is 13.5. The smallest absolute Gasteiger partial charge is 0.223 e. The number of anilines is 1. The largest absolute Gasteiger partial charge is 0.357 e. The monoisotopic (exact) mass is 269 g/mol. The minimum Gasteiger partial charge on any atom is -0.357 e. The van der Waals surface area contributed by atoms with E-state index in [9.17, 15) is 4.39 Å². The summed E-state index contributed by atoms with van der Waals surface area (Å²) in [5.41, 5.74) is 0. The number of nitrogens with zero attached hydrogens (tertiary/aromatic N) is 2. The Morgan fingerprint density at radius 3 is 2.82 bits per heavy atom. The SMILES string of the molecule is CNc1ncc(Cl)c(Sc2ccccc2F)n1. The van der Waals surface area contributed by atoms with E-state index in [4.69, 9.17) is 11.6 Å². The van der Waals surface area contributed by atoms with Crippen molar-refractivity contribution in [1.82, 2.24) is 9.97 Å². The molecule has 0 saturated carbocycles. The molecule has 1 aromatic carbocycles. The van der Waals surface area contributed by atoms with Crippen molar-refractivity contribution in [3.05, 3.63) is 41.3 Å². The molecule has 0 atom stereocenters. The van der Waals surface area contributed by atoms with Gasteiger partial charge >= 0.3 is 0 Å². The number of hydrogen-bond donors (Lipinski definition) is 1. The Balaban J connectivity index is 2.32. The highest BCUT2D eigenvalue weighted by atomic mass is 35.5. The molecule has 3 nitrogen and oxygen atoms in total. The van der Waals surface area contributed by atoms with E-state index in [0.29, 0.717) is 20.9 Å². The summed E-state index contributed by atoms with van der Waals surface area (Å²) in [6, 6.07) is 6.48. The van der Waals surface area contributed by atoms with Crippen LogP contribution in [0.1, 0.15) is 0 Å². The predicted octanol–water partition coefficient (Wildman–Crippen LogP) is 3.46. The summed E-state index contributed by atoms with van der Waals surface area (Å²) in [6.07, 6.45) is 1.49. The van der Waals surface area contributed by atoms with E-state index in [2.05, 4.69) is 15.3 Å². The quantitative estimate of drug-likeness (QED) is 0.866. The Morgan fingerprint density at radius 1 is 1.35 bits per heavy atom. The van der Waals surface area contributed by atoms with Crippen molar-refractivity contribution in [3.63, 3.8) is 0 Å². The van der Waals surface area contributed by atoms with Gasteiger partial charge in [0.05, 0.1) is 11.2 Å². The molecule has 17 heavy (non-hydrogen) atoms. The molecule has 1 aromatic heterocycles. The molecule has 0 bridgehead atoms. The summed E-state index contributed by atoms with van der Waals surface area (Å²) in [5, 5.41) is 3.73. The molecule has 0 aliphatic carbocycles. The first-order valence-electron chi connectivity index (χ1n) is 4.83. The van der Waals surface area contributed by atoms with Crippen LogP contribution in [0.5, 0.6) is 0 Å². The maximum absolute atomic E-state index is 13.5. The van der Waals surface area contributed by atoms with Gasteiger partial charge in [0.25, 0.3) is 0 Å². The van der Waals surface area contributed by atoms with Crippen LogP contribution in [0.3, 0.4) is 0 Å². The standard InChI is InChI=1S/C11H9ClFN3S/c1-14-11-15-6-7(12)10(16-11)17-9-5-3-2-4-8(9)13/h2-6H,1H3,(H,14,15,16). The first kappa shape index (κ1) is 12.1. The van der Waals surface area contributed by atoms with E-state index >= 15 is 0 Å². The van der Waals surface area contributed by atoms with Gasteiger partial charge in [-0.05, 0) is 12.1 Å². The summed E-state index contributed by atoms with van der Waals surface area (Å²) >= 11 is 7.13. The van der Waals surface area contributed by atoms with Crippen LogP contribution in [-0.4, -0.2) is 17.0 Å². The molecule has 0 unspecified atom stereocenters. The summed E-state index contributed by atoms with van der Waals surface area (Å²) in [6.45, 7) is 0. The number of benzene rings is 1. The molecule has 0 fully saturated rings. The average Bonchev–Trinajstić information content (AvgIpc) is 2.35. The second-order valence-corrected chi connectivity index (χ2v) is 4.57. The van der Waals surface area contributed by atoms with Gasteiger partial charge in [0, 0.05) is 11.9 Å². The van der Waals surface area contributed by atoms with Gasteiger partial charge < -0.3 is 5.32 Å². The minimum absolute atomic E-state index is 0.293. The Kier molecular flexibility index (Phi) is 3.81. The number of halogens is 2. The molecular weight excluding hydrogens is 261 g/mol. The van der Waals surface area contributed by atoms with Gasteiger partial charge in [0.2, 0.25) is 5.95 Å². The van der Waals surface area contributed by atoms with Gasteiger partial charge in [-0.1, -0.05) is 35.5 Å². The Labute approximate surface area is 107 Å². The third-order valence-electron chi connectivity index (χ3n) is 1.98. The second-order valence-electron chi connectivity index (χ2n) is 3.13. The lowest BCUT2D eigenvalue weighted by molar-refractivity contribution is 0.602. The van der Waals surface area contributed by atoms with Crippen molar-refractivity contribution in [2.45, 2.75) is 9.92 Å². The van der Waals surface area contributed by atoms with Crippen molar-refractivity contribution in [1.29, 1.82) is 0 Å². The Hall–Kier alpha value is -1.33. The van der Waals surface area contributed by atoms with Crippen LogP contribution in [0.25, 0.3) is 0 Å². The van der Waals surface area contributed by atoms with E-state index in [1.807, 2.05) is 0 Å². The first-order chi connectivity index (χ1) is 8.20. The van der Waals surface area contributed by atoms with Crippen molar-refractivity contribution in [2.24, 2.45) is 0 Å². The Bertz CT molecular complexity index is 536. The maximum Gasteiger partial charge on any atom is 0.223 e. The Morgan fingerprint density at radius 2 is 2.12 bits per heavy atom. The third kappa shape index (κ3) is 2.87. The molecule has 0 spiro atoms. The van der Waals surface area contributed by atoms with Gasteiger partial charge in [-0.25, -0.2) is 14.4 Å². The molecule has 2 rings (SSSR count). The van der Waals surface area contributed by atoms with Gasteiger partial charge in [-0.15, -0.1) is 0 Å². The average molecular weight is 270 g/mol.